The van der Waals surface area contributed by atoms with Crippen molar-refractivity contribution in [1.29, 1.82) is 0 Å². The van der Waals surface area contributed by atoms with Crippen LogP contribution in [0.1, 0.15) is 36.8 Å². The molecular formula is C16H19NOS. The quantitative estimate of drug-likeness (QED) is 0.808. The third-order valence-corrected chi connectivity index (χ3v) is 4.04. The maximum absolute atomic E-state index is 12.0. The molecule has 2 N–H and O–H groups in total. The van der Waals surface area contributed by atoms with Crippen molar-refractivity contribution in [2.24, 2.45) is 0 Å². The fraction of sp³-hybridized carbons (Fsp3) is 0.312. The lowest BCUT2D eigenvalue weighted by Gasteiger charge is -2.11. The minimum atomic E-state index is 0.260. The van der Waals surface area contributed by atoms with Crippen LogP contribution in [0, 0.1) is 0 Å². The van der Waals surface area contributed by atoms with E-state index in [1.165, 1.54) is 11.1 Å². The number of ketones is 1. The number of nitrogens with two attached hydrogens (primary N) is 1. The lowest BCUT2D eigenvalue weighted by atomic mass is 9.94. The Kier molecular flexibility index (Phi) is 4.74. The fourth-order valence-electron chi connectivity index (χ4n) is 2.10. The average molecular weight is 273 g/mol. The van der Waals surface area contributed by atoms with E-state index in [4.69, 9.17) is 5.73 Å². The minimum absolute atomic E-state index is 0.260. The fourth-order valence-corrected chi connectivity index (χ4v) is 2.81. The van der Waals surface area contributed by atoms with E-state index in [2.05, 4.69) is 23.8 Å². The molecule has 1 unspecified atom stereocenters. The molecule has 2 rings (SSSR count). The van der Waals surface area contributed by atoms with E-state index >= 15 is 0 Å². The molecule has 1 atom stereocenters. The summed E-state index contributed by atoms with van der Waals surface area (Å²) >= 11 is 1.68. The molecule has 0 aliphatic heterocycles. The highest BCUT2D eigenvalue weighted by atomic mass is 32.1. The molecule has 0 radical (unpaired) electrons. The van der Waals surface area contributed by atoms with Gasteiger partial charge < -0.3 is 5.73 Å². The molecular weight excluding hydrogens is 254 g/mol. The first-order valence-corrected chi connectivity index (χ1v) is 7.47. The summed E-state index contributed by atoms with van der Waals surface area (Å²) in [4.78, 5) is 12.0. The monoisotopic (exact) mass is 273 g/mol. The number of benzene rings is 1. The molecule has 100 valence electrons. The Hall–Kier alpha value is -1.61. The number of Topliss-reactive ketones (excluding diaryl/α,β-unsaturated/α-hetero) is 1. The summed E-state index contributed by atoms with van der Waals surface area (Å²) in [5.74, 6) is 0.589. The number of carbonyl (C=O) groups excluding carboxylic acids is 1. The number of thiophene rings is 1. The van der Waals surface area contributed by atoms with Crippen molar-refractivity contribution in [3.63, 3.8) is 0 Å². The molecule has 2 aromatic rings. The summed E-state index contributed by atoms with van der Waals surface area (Å²) in [7, 11) is 0. The standard InChI is InChI=1S/C16H19NOS/c1-12(14-3-5-15(17)6-4-14)10-16(18)7-2-13-8-9-19-11-13/h3-6,8-9,11-12H,2,7,10,17H2,1H3. The highest BCUT2D eigenvalue weighted by Crippen LogP contribution is 2.21. The van der Waals surface area contributed by atoms with Crippen molar-refractivity contribution in [3.05, 3.63) is 52.2 Å². The minimum Gasteiger partial charge on any atom is -0.399 e. The summed E-state index contributed by atoms with van der Waals surface area (Å²) < 4.78 is 0. The molecule has 0 amide bonds. The smallest absolute Gasteiger partial charge is 0.133 e. The molecule has 0 bridgehead atoms. The van der Waals surface area contributed by atoms with Gasteiger partial charge in [-0.15, -0.1) is 0 Å². The van der Waals surface area contributed by atoms with Gasteiger partial charge in [-0.25, -0.2) is 0 Å². The Bertz CT molecular complexity index is 516. The van der Waals surface area contributed by atoms with Gasteiger partial charge in [0.1, 0.15) is 5.78 Å². The topological polar surface area (TPSA) is 43.1 Å². The predicted molar refractivity (Wildman–Crippen MR) is 81.5 cm³/mol. The Labute approximate surface area is 118 Å². The van der Waals surface area contributed by atoms with Crippen LogP contribution in [0.3, 0.4) is 0 Å². The van der Waals surface area contributed by atoms with E-state index in [0.29, 0.717) is 18.6 Å². The molecule has 0 saturated heterocycles. The second-order valence-corrected chi connectivity index (χ2v) is 5.72. The van der Waals surface area contributed by atoms with Crippen LogP contribution in [-0.2, 0) is 11.2 Å². The van der Waals surface area contributed by atoms with Crippen molar-refractivity contribution in [2.45, 2.75) is 32.1 Å². The lowest BCUT2D eigenvalue weighted by Crippen LogP contribution is -2.05. The van der Waals surface area contributed by atoms with E-state index in [-0.39, 0.29) is 5.92 Å². The van der Waals surface area contributed by atoms with Gasteiger partial charge in [0.15, 0.2) is 0 Å². The molecule has 1 heterocycles. The van der Waals surface area contributed by atoms with Crippen LogP contribution >= 0.6 is 11.3 Å². The third-order valence-electron chi connectivity index (χ3n) is 3.31. The van der Waals surface area contributed by atoms with Crippen LogP contribution < -0.4 is 5.73 Å². The molecule has 0 saturated carbocycles. The van der Waals surface area contributed by atoms with Gasteiger partial charge in [0.25, 0.3) is 0 Å². The largest absolute Gasteiger partial charge is 0.399 e. The number of anilines is 1. The molecule has 0 aliphatic carbocycles. The van der Waals surface area contributed by atoms with Crippen molar-refractivity contribution in [3.8, 4) is 0 Å². The number of carbonyl (C=O) groups is 1. The SMILES string of the molecule is CC(CC(=O)CCc1ccsc1)c1ccc(N)cc1. The van der Waals surface area contributed by atoms with Crippen LogP contribution in [0.15, 0.2) is 41.1 Å². The number of nitrogen functional groups attached to an aromatic ring is 1. The van der Waals surface area contributed by atoms with Crippen LogP contribution in [-0.4, -0.2) is 5.78 Å². The lowest BCUT2D eigenvalue weighted by molar-refractivity contribution is -0.119. The summed E-state index contributed by atoms with van der Waals surface area (Å²) in [6.07, 6.45) is 2.10. The van der Waals surface area contributed by atoms with Crippen LogP contribution in [0.5, 0.6) is 0 Å². The van der Waals surface area contributed by atoms with Gasteiger partial charge in [0.2, 0.25) is 0 Å². The molecule has 2 nitrogen and oxygen atoms in total. The highest BCUT2D eigenvalue weighted by Gasteiger charge is 2.11. The second kappa shape index (κ2) is 6.53. The van der Waals surface area contributed by atoms with Crippen LogP contribution in [0.2, 0.25) is 0 Å². The van der Waals surface area contributed by atoms with Gasteiger partial charge in [-0.2, -0.15) is 11.3 Å². The third kappa shape index (κ3) is 4.21. The number of rotatable bonds is 6. The van der Waals surface area contributed by atoms with Gasteiger partial charge in [-0.1, -0.05) is 19.1 Å². The van der Waals surface area contributed by atoms with Crippen molar-refractivity contribution in [1.82, 2.24) is 0 Å². The van der Waals surface area contributed by atoms with Gasteiger partial charge in [-0.3, -0.25) is 4.79 Å². The normalized spacial score (nSPS) is 12.3. The summed E-state index contributed by atoms with van der Waals surface area (Å²) in [5.41, 5.74) is 8.87. The van der Waals surface area contributed by atoms with Gasteiger partial charge in [0, 0.05) is 18.5 Å². The summed E-state index contributed by atoms with van der Waals surface area (Å²) in [6.45, 7) is 2.09. The van der Waals surface area contributed by atoms with E-state index < -0.39 is 0 Å². The Morgan fingerprint density at radius 1 is 1.26 bits per heavy atom. The van der Waals surface area contributed by atoms with Crippen molar-refractivity contribution in [2.75, 3.05) is 5.73 Å². The number of aryl methyl sites for hydroxylation is 1. The Morgan fingerprint density at radius 3 is 2.63 bits per heavy atom. The molecule has 19 heavy (non-hydrogen) atoms. The van der Waals surface area contributed by atoms with Gasteiger partial charge in [-0.05, 0) is 52.4 Å². The zero-order valence-electron chi connectivity index (χ0n) is 11.1. The molecule has 1 aromatic heterocycles. The highest BCUT2D eigenvalue weighted by molar-refractivity contribution is 7.07. The average Bonchev–Trinajstić information content (AvgIpc) is 2.90. The summed E-state index contributed by atoms with van der Waals surface area (Å²) in [5, 5.41) is 4.16. The molecule has 0 fully saturated rings. The maximum atomic E-state index is 12.0. The molecule has 1 aromatic carbocycles. The van der Waals surface area contributed by atoms with E-state index in [0.717, 1.165) is 12.1 Å². The van der Waals surface area contributed by atoms with E-state index in [9.17, 15) is 4.79 Å². The predicted octanol–water partition coefficient (Wildman–Crippen LogP) is 4.03. The van der Waals surface area contributed by atoms with Crippen molar-refractivity contribution < 1.29 is 4.79 Å². The zero-order chi connectivity index (χ0) is 13.7. The molecule has 0 aliphatic rings. The van der Waals surface area contributed by atoms with Gasteiger partial charge in [0.05, 0.1) is 0 Å². The van der Waals surface area contributed by atoms with Crippen molar-refractivity contribution >= 4 is 22.8 Å². The number of hydrogen-bond acceptors (Lipinski definition) is 3. The van der Waals surface area contributed by atoms with Crippen LogP contribution in [0.4, 0.5) is 5.69 Å². The second-order valence-electron chi connectivity index (χ2n) is 4.94. The summed E-state index contributed by atoms with van der Waals surface area (Å²) in [6, 6.07) is 9.88. The first-order valence-electron chi connectivity index (χ1n) is 6.53. The Morgan fingerprint density at radius 2 is 2.00 bits per heavy atom. The van der Waals surface area contributed by atoms with E-state index in [1.54, 1.807) is 11.3 Å². The molecule has 3 heteroatoms. The van der Waals surface area contributed by atoms with Crippen LogP contribution in [0.25, 0.3) is 0 Å². The Balaban J connectivity index is 1.83. The maximum Gasteiger partial charge on any atom is 0.133 e. The van der Waals surface area contributed by atoms with Gasteiger partial charge >= 0.3 is 0 Å². The first-order chi connectivity index (χ1) is 9.15. The number of hydrogen-bond donors (Lipinski definition) is 1. The first kappa shape index (κ1) is 13.8. The zero-order valence-corrected chi connectivity index (χ0v) is 12.0. The van der Waals surface area contributed by atoms with E-state index in [1.807, 2.05) is 24.3 Å². The molecule has 0 spiro atoms.